The lowest BCUT2D eigenvalue weighted by atomic mass is 9.94. The molecule has 16 rings (SSSR count). The number of hydrogen-bond acceptors (Lipinski definition) is 0. The van der Waals surface area contributed by atoms with Gasteiger partial charge in [0.1, 0.15) is 0 Å². The van der Waals surface area contributed by atoms with Crippen LogP contribution in [0.4, 0.5) is 0 Å². The van der Waals surface area contributed by atoms with Gasteiger partial charge in [-0.1, -0.05) is 562 Å². The van der Waals surface area contributed by atoms with Gasteiger partial charge in [-0.2, -0.15) is 0 Å². The van der Waals surface area contributed by atoms with E-state index >= 15 is 0 Å². The molecule has 0 atom stereocenters. The molecule has 4 aliphatic rings. The van der Waals surface area contributed by atoms with E-state index in [9.17, 15) is 0 Å². The van der Waals surface area contributed by atoms with Crippen LogP contribution in [-0.2, 0) is 25.7 Å². The molecule has 0 aliphatic heterocycles. The smallest absolute Gasteiger partial charge is 0.000729 e. The van der Waals surface area contributed by atoms with Crippen LogP contribution in [0.3, 0.4) is 0 Å². The lowest BCUT2D eigenvalue weighted by Crippen LogP contribution is -1.87. The first-order chi connectivity index (χ1) is 57.7. The molecule has 0 fully saturated rings. The van der Waals surface area contributed by atoms with Gasteiger partial charge in [0.2, 0.25) is 0 Å². The van der Waals surface area contributed by atoms with Gasteiger partial charge in [-0.25, -0.2) is 0 Å². The standard InChI is InChI=1S/4C19H14.20C2H6/c1-2-7-14(8-3-1)17-12-6-10-16-13-15-9-4-5-11-18(15)19(16)17;1-2-7-14(8-3-1)16-11-6-12-18-17-10-5-4-9-15(17)13-19(16)18;1-2-6-14(7-3-1)15-10-11-17-12-16-8-4-5-9-18(16)19(17)13-15;1-2-6-14(7-3-1)15-10-11-19-17(12-15)13-16-8-4-5-9-18(16)19;20*1-2/h2*1-12H,13H2;1-11,13H,12H2;1-12H,13H2;20*1-2H3. The van der Waals surface area contributed by atoms with E-state index < -0.39 is 0 Å². The number of hydrogen-bond donors (Lipinski definition) is 0. The van der Waals surface area contributed by atoms with Gasteiger partial charge in [0, 0.05) is 0 Å². The highest BCUT2D eigenvalue weighted by molar-refractivity contribution is 5.91. The monoisotopic (exact) mass is 1570 g/mol. The van der Waals surface area contributed by atoms with Crippen LogP contribution in [0.2, 0.25) is 0 Å². The van der Waals surface area contributed by atoms with Gasteiger partial charge in [-0.05, 0) is 165 Å². The Bertz CT molecular complexity index is 4010. The van der Waals surface area contributed by atoms with Crippen molar-refractivity contribution in [3.8, 4) is 89.0 Å². The quantitative estimate of drug-likeness (QED) is 0.165. The van der Waals surface area contributed by atoms with Crippen molar-refractivity contribution in [3.63, 3.8) is 0 Å². The third-order valence-corrected chi connectivity index (χ3v) is 15.6. The molecule has 0 saturated carbocycles. The first-order valence-corrected chi connectivity index (χ1v) is 46.7. The van der Waals surface area contributed by atoms with E-state index in [-0.39, 0.29) is 0 Å². The molecular weight excluding hydrogens is 1390 g/mol. The molecule has 0 saturated heterocycles. The van der Waals surface area contributed by atoms with Crippen LogP contribution in [0.5, 0.6) is 0 Å². The fourth-order valence-corrected chi connectivity index (χ4v) is 12.0. The Labute approximate surface area is 722 Å². The van der Waals surface area contributed by atoms with Crippen molar-refractivity contribution in [2.45, 2.75) is 303 Å². The predicted octanol–water partition coefficient (Wildman–Crippen LogP) is 40.2. The fourth-order valence-electron chi connectivity index (χ4n) is 12.0. The average molecular weight is 1570 g/mol. The Morgan fingerprint density at radius 2 is 0.353 bits per heavy atom. The van der Waals surface area contributed by atoms with Crippen molar-refractivity contribution in [2.75, 3.05) is 0 Å². The van der Waals surface area contributed by atoms with Gasteiger partial charge in [0.15, 0.2) is 0 Å². The highest BCUT2D eigenvalue weighted by Gasteiger charge is 2.23. The average Bonchev–Trinajstić information content (AvgIpc) is 1.63. The van der Waals surface area contributed by atoms with E-state index in [0.29, 0.717) is 0 Å². The van der Waals surface area contributed by atoms with Gasteiger partial charge in [0.25, 0.3) is 0 Å². The summed E-state index contributed by atoms with van der Waals surface area (Å²) in [7, 11) is 0. The molecule has 0 heterocycles. The molecule has 0 radical (unpaired) electrons. The topological polar surface area (TPSA) is 0 Å². The Hall–Kier alpha value is -9.36. The number of rotatable bonds is 4. The van der Waals surface area contributed by atoms with E-state index in [0.717, 1.165) is 25.7 Å². The zero-order valence-corrected chi connectivity index (χ0v) is 82.5. The second-order valence-electron chi connectivity index (χ2n) is 20.2. The van der Waals surface area contributed by atoms with E-state index in [1.54, 1.807) is 0 Å². The van der Waals surface area contributed by atoms with E-state index in [1.165, 1.54) is 134 Å². The van der Waals surface area contributed by atoms with Crippen molar-refractivity contribution in [1.82, 2.24) is 0 Å². The fraction of sp³-hybridized carbons (Fsp3) is 0.379. The Kier molecular flexibility index (Phi) is 92.8. The molecule has 0 bridgehead atoms. The summed E-state index contributed by atoms with van der Waals surface area (Å²) in [5.41, 5.74) is 33.3. The van der Waals surface area contributed by atoms with Gasteiger partial charge in [-0.3, -0.25) is 0 Å². The van der Waals surface area contributed by atoms with E-state index in [4.69, 9.17) is 0 Å². The van der Waals surface area contributed by atoms with E-state index in [1.807, 2.05) is 277 Å². The largest absolute Gasteiger partial charge is 0.0683 e. The third-order valence-electron chi connectivity index (χ3n) is 15.6. The normalized spacial score (nSPS) is 8.90. The minimum Gasteiger partial charge on any atom is -0.0683 e. The van der Waals surface area contributed by atoms with Crippen molar-refractivity contribution < 1.29 is 0 Å². The summed E-state index contributed by atoms with van der Waals surface area (Å²) in [5.74, 6) is 0. The molecule has 0 nitrogen and oxygen atoms in total. The first-order valence-electron chi connectivity index (χ1n) is 46.7. The Morgan fingerprint density at radius 3 is 0.759 bits per heavy atom. The lowest BCUT2D eigenvalue weighted by molar-refractivity contribution is 1.26. The number of fused-ring (bicyclic) bond motifs is 12. The lowest BCUT2D eigenvalue weighted by Gasteiger charge is -2.09. The molecule has 0 heteroatoms. The summed E-state index contributed by atoms with van der Waals surface area (Å²) in [6.07, 6.45) is 4.25. The maximum absolute atomic E-state index is 2.34. The van der Waals surface area contributed by atoms with Crippen LogP contribution in [-0.4, -0.2) is 0 Å². The van der Waals surface area contributed by atoms with Crippen molar-refractivity contribution >= 4 is 0 Å². The molecule has 12 aromatic carbocycles. The van der Waals surface area contributed by atoms with Crippen molar-refractivity contribution in [1.29, 1.82) is 0 Å². The van der Waals surface area contributed by atoms with Crippen LogP contribution < -0.4 is 0 Å². The van der Waals surface area contributed by atoms with Crippen LogP contribution in [0, 0.1) is 0 Å². The summed E-state index contributed by atoms with van der Waals surface area (Å²) in [6, 6.07) is 104. The highest BCUT2D eigenvalue weighted by Crippen LogP contribution is 2.45. The zero-order chi connectivity index (χ0) is 90.6. The van der Waals surface area contributed by atoms with Crippen LogP contribution >= 0.6 is 0 Å². The predicted molar refractivity (Wildman–Crippen MR) is 547 cm³/mol. The maximum Gasteiger partial charge on any atom is -0.000729 e. The SMILES string of the molecule is CC.CC.CC.CC.CC.CC.CC.CC.CC.CC.CC.CC.CC.CC.CC.CC.CC.CC.CC.CC.c1ccc(-c2ccc3c(c2)-c2ccccc2C3)cc1.c1ccc(-c2ccc3c(c2)Cc2ccccc2-3)cc1.c1ccc(-c2cccc3c2-c2ccccc2C3)cc1.c1ccc(-c2cccc3c2Cc2ccccc2-3)cc1. The van der Waals surface area contributed by atoms with Crippen LogP contribution in [0.15, 0.2) is 291 Å². The molecule has 0 unspecified atom stereocenters. The van der Waals surface area contributed by atoms with Crippen LogP contribution in [0.1, 0.15) is 321 Å². The highest BCUT2D eigenvalue weighted by atomic mass is 14.3. The number of benzene rings is 12. The molecule has 12 aromatic rings. The van der Waals surface area contributed by atoms with Crippen LogP contribution in [0.25, 0.3) is 89.0 Å². The molecule has 0 aromatic heterocycles. The second kappa shape index (κ2) is 88.0. The third kappa shape index (κ3) is 39.5. The molecule has 116 heavy (non-hydrogen) atoms. The van der Waals surface area contributed by atoms with Crippen molar-refractivity contribution in [2.24, 2.45) is 0 Å². The van der Waals surface area contributed by atoms with Gasteiger partial charge >= 0.3 is 0 Å². The summed E-state index contributed by atoms with van der Waals surface area (Å²) in [5, 5.41) is 0. The summed E-state index contributed by atoms with van der Waals surface area (Å²) in [6.45, 7) is 80.0. The second-order valence-corrected chi connectivity index (χ2v) is 20.2. The van der Waals surface area contributed by atoms with Gasteiger partial charge in [0.05, 0.1) is 0 Å². The molecule has 0 N–H and O–H groups in total. The summed E-state index contributed by atoms with van der Waals surface area (Å²) in [4.78, 5) is 0. The minimum absolute atomic E-state index is 1.05. The minimum atomic E-state index is 1.05. The van der Waals surface area contributed by atoms with E-state index in [2.05, 4.69) is 291 Å². The van der Waals surface area contributed by atoms with Crippen molar-refractivity contribution in [3.05, 3.63) is 336 Å². The molecule has 0 spiro atoms. The first kappa shape index (κ1) is 122. The summed E-state index contributed by atoms with van der Waals surface area (Å²) < 4.78 is 0. The van der Waals surface area contributed by atoms with Gasteiger partial charge < -0.3 is 0 Å². The Morgan fingerprint density at radius 1 is 0.121 bits per heavy atom. The Balaban J connectivity index is -0.000000195. The molecule has 4 aliphatic carbocycles. The molecule has 640 valence electrons. The molecule has 0 amide bonds. The van der Waals surface area contributed by atoms with Gasteiger partial charge in [-0.15, -0.1) is 0 Å². The zero-order valence-electron chi connectivity index (χ0n) is 82.5. The molecular formula is C116H176. The summed E-state index contributed by atoms with van der Waals surface area (Å²) >= 11 is 0. The maximum atomic E-state index is 2.34.